The summed E-state index contributed by atoms with van der Waals surface area (Å²) in [6, 6.07) is 11.8. The molecule has 3 amide bonds. The molecule has 1 saturated carbocycles. The molecule has 2 aromatic rings. The average molecular weight is 586 g/mol. The van der Waals surface area contributed by atoms with E-state index in [1.54, 1.807) is 4.90 Å². The molecule has 1 heterocycles. The standard InChI is InChI=1S/C33H42F3N3O3/c1-2-8-27(30(37)40)28(20-22-9-3-4-10-22)31(41)38-29-13-5-6-18-39(32(29)42)21-23-11-7-12-25(19-23)24-14-16-26(17-15-24)33(34,35)36/h7,11-12,14-17,19,22,27-29H,2-6,8-10,13,18,20-21H2,1H3,(H2,37,40)(H,38,41)/t27?,28?,29-/m0/s1. The highest BCUT2D eigenvalue weighted by atomic mass is 19.4. The molecule has 228 valence electrons. The zero-order valence-corrected chi connectivity index (χ0v) is 24.3. The number of carbonyl (C=O) groups excluding carboxylic acids is 3. The third-order valence-corrected chi connectivity index (χ3v) is 8.79. The molecule has 1 aliphatic carbocycles. The summed E-state index contributed by atoms with van der Waals surface area (Å²) in [6.07, 6.45) is 3.94. The Kier molecular flexibility index (Phi) is 10.7. The number of hydrogen-bond acceptors (Lipinski definition) is 3. The van der Waals surface area contributed by atoms with Crippen molar-refractivity contribution in [2.24, 2.45) is 23.5 Å². The van der Waals surface area contributed by atoms with Crippen molar-refractivity contribution in [3.63, 3.8) is 0 Å². The number of likely N-dealkylation sites (tertiary alicyclic amines) is 1. The number of rotatable bonds is 11. The van der Waals surface area contributed by atoms with Gasteiger partial charge in [0.05, 0.1) is 5.56 Å². The summed E-state index contributed by atoms with van der Waals surface area (Å²) in [5.74, 6) is -1.60. The van der Waals surface area contributed by atoms with Crippen LogP contribution in [0, 0.1) is 17.8 Å². The second-order valence-electron chi connectivity index (χ2n) is 11.9. The predicted molar refractivity (Wildman–Crippen MR) is 156 cm³/mol. The van der Waals surface area contributed by atoms with Crippen molar-refractivity contribution in [1.29, 1.82) is 0 Å². The summed E-state index contributed by atoms with van der Waals surface area (Å²) in [6.45, 7) is 2.84. The van der Waals surface area contributed by atoms with Crippen LogP contribution in [0.3, 0.4) is 0 Å². The lowest BCUT2D eigenvalue weighted by Gasteiger charge is -2.29. The lowest BCUT2D eigenvalue weighted by atomic mass is 9.80. The minimum absolute atomic E-state index is 0.161. The fraction of sp³-hybridized carbons (Fsp3) is 0.545. The van der Waals surface area contributed by atoms with Gasteiger partial charge in [-0.05, 0) is 72.9 Å². The number of halogens is 3. The second-order valence-corrected chi connectivity index (χ2v) is 11.9. The number of primary amides is 1. The quantitative estimate of drug-likeness (QED) is 0.317. The zero-order chi connectivity index (χ0) is 30.3. The maximum Gasteiger partial charge on any atom is 0.416 e. The van der Waals surface area contributed by atoms with E-state index < -0.39 is 35.5 Å². The summed E-state index contributed by atoms with van der Waals surface area (Å²) < 4.78 is 39.0. The lowest BCUT2D eigenvalue weighted by Crippen LogP contribution is -2.50. The van der Waals surface area contributed by atoms with Crippen molar-refractivity contribution in [2.45, 2.75) is 89.9 Å². The normalized spacial score (nSPS) is 19.8. The summed E-state index contributed by atoms with van der Waals surface area (Å²) in [7, 11) is 0. The summed E-state index contributed by atoms with van der Waals surface area (Å²) in [5.41, 5.74) is 7.33. The van der Waals surface area contributed by atoms with Gasteiger partial charge in [0, 0.05) is 24.9 Å². The molecule has 0 bridgehead atoms. The third-order valence-electron chi connectivity index (χ3n) is 8.79. The molecule has 9 heteroatoms. The molecule has 0 aromatic heterocycles. The fourth-order valence-corrected chi connectivity index (χ4v) is 6.51. The molecule has 2 unspecified atom stereocenters. The Labute approximate surface area is 246 Å². The van der Waals surface area contributed by atoms with Gasteiger partial charge in [0.15, 0.2) is 0 Å². The van der Waals surface area contributed by atoms with Crippen molar-refractivity contribution >= 4 is 17.7 Å². The highest BCUT2D eigenvalue weighted by Crippen LogP contribution is 2.35. The molecule has 3 atom stereocenters. The van der Waals surface area contributed by atoms with Gasteiger partial charge in [0.2, 0.25) is 17.7 Å². The van der Waals surface area contributed by atoms with Crippen LogP contribution in [0.4, 0.5) is 13.2 Å². The van der Waals surface area contributed by atoms with E-state index in [1.165, 1.54) is 12.1 Å². The van der Waals surface area contributed by atoms with Gasteiger partial charge in [-0.3, -0.25) is 14.4 Å². The van der Waals surface area contributed by atoms with E-state index in [-0.39, 0.29) is 11.8 Å². The SMILES string of the molecule is CCCC(C(N)=O)C(CC1CCCC1)C(=O)N[C@H]1CCCCN(Cc2cccc(-c3ccc(C(F)(F)F)cc3)c2)C1=O. The van der Waals surface area contributed by atoms with Crippen LogP contribution in [0.1, 0.15) is 82.3 Å². The van der Waals surface area contributed by atoms with Gasteiger partial charge in [-0.25, -0.2) is 0 Å². The predicted octanol–water partition coefficient (Wildman–Crippen LogP) is 6.47. The monoisotopic (exact) mass is 585 g/mol. The van der Waals surface area contributed by atoms with E-state index in [0.717, 1.165) is 68.2 Å². The van der Waals surface area contributed by atoms with Crippen molar-refractivity contribution in [1.82, 2.24) is 10.2 Å². The molecule has 4 rings (SSSR count). The molecule has 3 N–H and O–H groups in total. The van der Waals surface area contributed by atoms with Gasteiger partial charge in [-0.2, -0.15) is 13.2 Å². The van der Waals surface area contributed by atoms with E-state index >= 15 is 0 Å². The first-order valence-corrected chi connectivity index (χ1v) is 15.2. The van der Waals surface area contributed by atoms with E-state index in [1.807, 2.05) is 31.2 Å². The van der Waals surface area contributed by atoms with Gasteiger partial charge < -0.3 is 16.0 Å². The number of nitrogens with one attached hydrogen (secondary N) is 1. The van der Waals surface area contributed by atoms with Gasteiger partial charge in [-0.15, -0.1) is 0 Å². The van der Waals surface area contributed by atoms with Crippen LogP contribution in [0.5, 0.6) is 0 Å². The van der Waals surface area contributed by atoms with Crippen LogP contribution in [0.15, 0.2) is 48.5 Å². The van der Waals surface area contributed by atoms with E-state index in [9.17, 15) is 27.6 Å². The highest BCUT2D eigenvalue weighted by molar-refractivity contribution is 5.91. The third kappa shape index (κ3) is 8.13. The Morgan fingerprint density at radius 2 is 1.67 bits per heavy atom. The van der Waals surface area contributed by atoms with Crippen LogP contribution in [-0.2, 0) is 27.1 Å². The lowest BCUT2D eigenvalue weighted by molar-refractivity contribution is -0.139. The number of nitrogens with two attached hydrogens (primary N) is 1. The van der Waals surface area contributed by atoms with Crippen molar-refractivity contribution < 1.29 is 27.6 Å². The fourth-order valence-electron chi connectivity index (χ4n) is 6.51. The second kappa shape index (κ2) is 14.2. The van der Waals surface area contributed by atoms with Crippen LogP contribution in [0.25, 0.3) is 11.1 Å². The Hall–Kier alpha value is -3.36. The van der Waals surface area contributed by atoms with Crippen LogP contribution < -0.4 is 11.1 Å². The highest BCUT2D eigenvalue weighted by Gasteiger charge is 2.37. The van der Waals surface area contributed by atoms with E-state index in [0.29, 0.717) is 43.8 Å². The topological polar surface area (TPSA) is 92.5 Å². The molecule has 2 aromatic carbocycles. The van der Waals surface area contributed by atoms with Crippen LogP contribution in [-0.4, -0.2) is 35.2 Å². The molecule has 6 nitrogen and oxygen atoms in total. The Morgan fingerprint density at radius 3 is 2.31 bits per heavy atom. The summed E-state index contributed by atoms with van der Waals surface area (Å²) >= 11 is 0. The molecular weight excluding hydrogens is 543 g/mol. The molecule has 2 aliphatic rings. The van der Waals surface area contributed by atoms with E-state index in [2.05, 4.69) is 5.32 Å². The molecule has 0 spiro atoms. The molecule has 1 saturated heterocycles. The van der Waals surface area contributed by atoms with Crippen molar-refractivity contribution in [3.8, 4) is 11.1 Å². The van der Waals surface area contributed by atoms with Gasteiger partial charge >= 0.3 is 6.18 Å². The summed E-state index contributed by atoms with van der Waals surface area (Å²) in [4.78, 5) is 41.5. The Balaban J connectivity index is 1.47. The number of hydrogen-bond donors (Lipinski definition) is 2. The molecule has 42 heavy (non-hydrogen) atoms. The van der Waals surface area contributed by atoms with Crippen molar-refractivity contribution in [3.05, 3.63) is 59.7 Å². The van der Waals surface area contributed by atoms with Crippen molar-refractivity contribution in [2.75, 3.05) is 6.54 Å². The number of carbonyl (C=O) groups is 3. The maximum absolute atomic E-state index is 13.7. The Bertz CT molecular complexity index is 1230. The smallest absolute Gasteiger partial charge is 0.369 e. The van der Waals surface area contributed by atoms with Crippen LogP contribution >= 0.6 is 0 Å². The first-order valence-electron chi connectivity index (χ1n) is 15.2. The average Bonchev–Trinajstić information content (AvgIpc) is 3.42. The maximum atomic E-state index is 13.7. The minimum Gasteiger partial charge on any atom is -0.369 e. The van der Waals surface area contributed by atoms with Crippen LogP contribution in [0.2, 0.25) is 0 Å². The number of amides is 3. The van der Waals surface area contributed by atoms with Gasteiger partial charge in [0.1, 0.15) is 6.04 Å². The molecule has 0 radical (unpaired) electrons. The first kappa shape index (κ1) is 31.6. The minimum atomic E-state index is -4.40. The first-order chi connectivity index (χ1) is 20.1. The molecule has 2 fully saturated rings. The largest absolute Gasteiger partial charge is 0.416 e. The number of alkyl halides is 3. The molecule has 1 aliphatic heterocycles. The number of benzene rings is 2. The zero-order valence-electron chi connectivity index (χ0n) is 24.3. The van der Waals surface area contributed by atoms with E-state index in [4.69, 9.17) is 5.73 Å². The Morgan fingerprint density at radius 1 is 0.976 bits per heavy atom. The number of nitrogens with zero attached hydrogens (tertiary/aromatic N) is 1. The van der Waals surface area contributed by atoms with Gasteiger partial charge in [0.25, 0.3) is 0 Å². The molecular formula is C33H42F3N3O3. The van der Waals surface area contributed by atoms with Gasteiger partial charge in [-0.1, -0.05) is 69.4 Å². The summed E-state index contributed by atoms with van der Waals surface area (Å²) in [5, 5.41) is 3.02.